The maximum atomic E-state index is 2.49. The molecule has 0 aliphatic rings. The molecule has 1 aromatic carbocycles. The van der Waals surface area contributed by atoms with Gasteiger partial charge < -0.3 is 0 Å². The van der Waals surface area contributed by atoms with E-state index in [1.54, 1.807) is 5.56 Å². The number of rotatable bonds is 15. The molecule has 0 saturated carbocycles. The van der Waals surface area contributed by atoms with E-state index in [0.717, 1.165) is 0 Å². The second-order valence-corrected chi connectivity index (χ2v) is 8.82. The van der Waals surface area contributed by atoms with E-state index in [4.69, 9.17) is 0 Å². The molecule has 1 heterocycles. The van der Waals surface area contributed by atoms with Crippen molar-refractivity contribution in [3.05, 3.63) is 46.2 Å². The first-order valence-electron chi connectivity index (χ1n) is 11.5. The maximum absolute atomic E-state index is 2.49. The summed E-state index contributed by atoms with van der Waals surface area (Å²) in [6.07, 6.45) is 19.0. The third-order valence-corrected chi connectivity index (χ3v) is 6.31. The molecule has 0 N–H and O–H groups in total. The second kappa shape index (κ2) is 14.0. The van der Waals surface area contributed by atoms with Crippen molar-refractivity contribution in [2.45, 2.75) is 104 Å². The van der Waals surface area contributed by atoms with Crippen molar-refractivity contribution in [3.63, 3.8) is 0 Å². The molecule has 0 bridgehead atoms. The van der Waals surface area contributed by atoms with Gasteiger partial charge in [-0.15, -0.1) is 0 Å². The third-order valence-electron chi connectivity index (χ3n) is 5.63. The number of aryl methyl sites for hydroxylation is 2. The van der Waals surface area contributed by atoms with Crippen LogP contribution in [0.2, 0.25) is 0 Å². The first-order chi connectivity index (χ1) is 13.3. The van der Waals surface area contributed by atoms with Crippen LogP contribution in [0.5, 0.6) is 0 Å². The molecule has 0 saturated heterocycles. The Morgan fingerprint density at radius 2 is 1.30 bits per heavy atom. The van der Waals surface area contributed by atoms with Gasteiger partial charge in [0.15, 0.2) is 0 Å². The van der Waals surface area contributed by atoms with Crippen LogP contribution in [0.1, 0.15) is 102 Å². The lowest BCUT2D eigenvalue weighted by Gasteiger charge is -2.12. The third kappa shape index (κ3) is 8.64. The Bertz CT molecular complexity index is 597. The van der Waals surface area contributed by atoms with Crippen LogP contribution in [0.3, 0.4) is 0 Å². The van der Waals surface area contributed by atoms with Crippen LogP contribution in [-0.4, -0.2) is 0 Å². The molecule has 0 radical (unpaired) electrons. The van der Waals surface area contributed by atoms with Gasteiger partial charge in [-0.2, -0.15) is 11.3 Å². The van der Waals surface area contributed by atoms with Gasteiger partial charge in [-0.3, -0.25) is 0 Å². The van der Waals surface area contributed by atoms with Crippen LogP contribution >= 0.6 is 11.3 Å². The number of benzene rings is 1. The largest absolute Gasteiger partial charge is 0.152 e. The predicted octanol–water partition coefficient (Wildman–Crippen LogP) is 9.22. The summed E-state index contributed by atoms with van der Waals surface area (Å²) < 4.78 is 0. The molecule has 0 amide bonds. The molecular formula is C26H40S. The molecule has 150 valence electrons. The van der Waals surface area contributed by atoms with Crippen LogP contribution in [0.4, 0.5) is 0 Å². The lowest BCUT2D eigenvalue weighted by Crippen LogP contribution is -1.94. The molecule has 0 fully saturated rings. The Morgan fingerprint density at radius 1 is 0.667 bits per heavy atom. The summed E-state index contributed by atoms with van der Waals surface area (Å²) in [4.78, 5) is 0. The lowest BCUT2D eigenvalue weighted by molar-refractivity contribution is 0.606. The number of unbranched alkanes of at least 4 members (excludes halogenated alkanes) is 10. The zero-order valence-electron chi connectivity index (χ0n) is 17.8. The predicted molar refractivity (Wildman–Crippen MR) is 124 cm³/mol. The first-order valence-corrected chi connectivity index (χ1v) is 12.4. The molecule has 0 unspecified atom stereocenters. The normalized spacial score (nSPS) is 11.2. The van der Waals surface area contributed by atoms with Crippen molar-refractivity contribution >= 4 is 11.3 Å². The molecule has 0 aliphatic heterocycles. The lowest BCUT2D eigenvalue weighted by atomic mass is 9.93. The van der Waals surface area contributed by atoms with Crippen molar-refractivity contribution < 1.29 is 0 Å². The quantitative estimate of drug-likeness (QED) is 0.268. The van der Waals surface area contributed by atoms with Crippen molar-refractivity contribution in [2.24, 2.45) is 0 Å². The molecule has 0 aliphatic carbocycles. The zero-order valence-corrected chi connectivity index (χ0v) is 18.6. The number of thiophene rings is 1. The molecule has 2 aromatic rings. The van der Waals surface area contributed by atoms with Gasteiger partial charge in [-0.1, -0.05) is 96.3 Å². The average Bonchev–Trinajstić information content (AvgIpc) is 3.22. The fourth-order valence-corrected chi connectivity index (χ4v) is 4.54. The van der Waals surface area contributed by atoms with Gasteiger partial charge in [0.25, 0.3) is 0 Å². The van der Waals surface area contributed by atoms with Crippen LogP contribution < -0.4 is 0 Å². The minimum absolute atomic E-state index is 1.23. The van der Waals surface area contributed by atoms with Crippen LogP contribution in [-0.2, 0) is 12.8 Å². The Kier molecular flexibility index (Phi) is 11.5. The minimum atomic E-state index is 1.23. The number of hydrogen-bond donors (Lipinski definition) is 0. The fourth-order valence-electron chi connectivity index (χ4n) is 3.89. The van der Waals surface area contributed by atoms with E-state index in [1.165, 1.54) is 107 Å². The Hall–Kier alpha value is -1.08. The van der Waals surface area contributed by atoms with E-state index in [-0.39, 0.29) is 0 Å². The van der Waals surface area contributed by atoms with Gasteiger partial charge in [0.05, 0.1) is 0 Å². The summed E-state index contributed by atoms with van der Waals surface area (Å²) in [5, 5.41) is 4.53. The molecule has 2 rings (SSSR count). The molecule has 0 atom stereocenters. The second-order valence-electron chi connectivity index (χ2n) is 8.04. The highest BCUT2D eigenvalue weighted by atomic mass is 32.1. The Morgan fingerprint density at radius 3 is 1.93 bits per heavy atom. The SMILES string of the molecule is CCCCCCCCc1ccc(CCCCCCCC)c(-c2ccsc2)c1. The molecular weight excluding hydrogens is 344 g/mol. The van der Waals surface area contributed by atoms with Crippen molar-refractivity contribution in [1.29, 1.82) is 0 Å². The van der Waals surface area contributed by atoms with Crippen LogP contribution in [0, 0.1) is 0 Å². The first kappa shape index (κ1) is 22.2. The standard InChI is InChI=1S/C26H40S/c1-3-5-7-9-11-13-15-23-17-18-24(16-14-12-10-8-6-4-2)26(21-23)25-19-20-27-22-25/h17-22H,3-16H2,1-2H3. The van der Waals surface area contributed by atoms with Gasteiger partial charge in [0.1, 0.15) is 0 Å². The highest BCUT2D eigenvalue weighted by molar-refractivity contribution is 7.08. The average molecular weight is 385 g/mol. The zero-order chi connectivity index (χ0) is 19.2. The summed E-state index contributed by atoms with van der Waals surface area (Å²) in [7, 11) is 0. The maximum Gasteiger partial charge on any atom is -0.00146 e. The number of hydrogen-bond acceptors (Lipinski definition) is 1. The van der Waals surface area contributed by atoms with Gasteiger partial charge in [0.2, 0.25) is 0 Å². The highest BCUT2D eigenvalue weighted by Crippen LogP contribution is 2.29. The van der Waals surface area contributed by atoms with Gasteiger partial charge in [-0.05, 0) is 64.8 Å². The smallest absolute Gasteiger partial charge is 0.00146 e. The van der Waals surface area contributed by atoms with Gasteiger partial charge >= 0.3 is 0 Å². The van der Waals surface area contributed by atoms with Crippen molar-refractivity contribution in [1.82, 2.24) is 0 Å². The molecule has 27 heavy (non-hydrogen) atoms. The molecule has 1 aromatic heterocycles. The minimum Gasteiger partial charge on any atom is -0.152 e. The Balaban J connectivity index is 1.88. The summed E-state index contributed by atoms with van der Waals surface area (Å²) in [6.45, 7) is 4.58. The van der Waals surface area contributed by atoms with E-state index < -0.39 is 0 Å². The monoisotopic (exact) mass is 384 g/mol. The van der Waals surface area contributed by atoms with Crippen LogP contribution in [0.15, 0.2) is 35.0 Å². The molecule has 0 spiro atoms. The molecule has 1 heteroatoms. The summed E-state index contributed by atoms with van der Waals surface area (Å²) >= 11 is 1.82. The van der Waals surface area contributed by atoms with Crippen LogP contribution in [0.25, 0.3) is 11.1 Å². The van der Waals surface area contributed by atoms with Gasteiger partial charge in [-0.25, -0.2) is 0 Å². The Labute approximate surface area is 172 Å². The fraction of sp³-hybridized carbons (Fsp3) is 0.615. The van der Waals surface area contributed by atoms with Crippen molar-refractivity contribution in [3.8, 4) is 11.1 Å². The topological polar surface area (TPSA) is 0 Å². The summed E-state index contributed by atoms with van der Waals surface area (Å²) in [5.41, 5.74) is 5.99. The highest BCUT2D eigenvalue weighted by Gasteiger charge is 2.07. The van der Waals surface area contributed by atoms with E-state index in [9.17, 15) is 0 Å². The van der Waals surface area contributed by atoms with E-state index in [2.05, 4.69) is 48.9 Å². The summed E-state index contributed by atoms with van der Waals surface area (Å²) in [6, 6.07) is 9.60. The molecule has 0 nitrogen and oxygen atoms in total. The van der Waals surface area contributed by atoms with E-state index in [1.807, 2.05) is 11.3 Å². The van der Waals surface area contributed by atoms with Crippen molar-refractivity contribution in [2.75, 3.05) is 0 Å². The van der Waals surface area contributed by atoms with E-state index >= 15 is 0 Å². The van der Waals surface area contributed by atoms with Gasteiger partial charge in [0, 0.05) is 0 Å². The van der Waals surface area contributed by atoms with E-state index in [0.29, 0.717) is 0 Å². The summed E-state index contributed by atoms with van der Waals surface area (Å²) in [5.74, 6) is 0.